The Morgan fingerprint density at radius 1 is 0.545 bits per heavy atom. The second kappa shape index (κ2) is 15.9. The monoisotopic (exact) mass is 340 g/mol. The van der Waals surface area contributed by atoms with Crippen LogP contribution in [-0.4, -0.2) is 61.3 Å². The fourth-order valence-corrected chi connectivity index (χ4v) is 2.68. The minimum Gasteiger partial charge on any atom is -0.813 e. The average molecular weight is 340 g/mol. The van der Waals surface area contributed by atoms with Crippen molar-refractivity contribution in [3.8, 4) is 0 Å². The minimum atomic E-state index is -3.63. The van der Waals surface area contributed by atoms with Crippen LogP contribution in [0.2, 0.25) is 0 Å². The molecule has 0 heterocycles. The molecule has 0 aromatic rings. The molecule has 0 saturated heterocycles. The standard InChI is InChI=1S/2C8H20N.H3O3P/c2*1-5-9(6-2,7-3)8-4;1-4(2)3/h2*5-8H2,1-4H3;4H,(H2,1,2,3)/q2*+1;/p-2. The third kappa shape index (κ3) is 12.6. The summed E-state index contributed by atoms with van der Waals surface area (Å²) >= 11 is 0. The van der Waals surface area contributed by atoms with Gasteiger partial charge in [0.15, 0.2) is 0 Å². The summed E-state index contributed by atoms with van der Waals surface area (Å²) in [4.78, 5) is 17.0. The van der Waals surface area contributed by atoms with Gasteiger partial charge in [0.1, 0.15) is 0 Å². The van der Waals surface area contributed by atoms with Crippen LogP contribution in [0.4, 0.5) is 0 Å². The summed E-state index contributed by atoms with van der Waals surface area (Å²) in [5, 5.41) is 0. The van der Waals surface area contributed by atoms with E-state index in [0.717, 1.165) is 0 Å². The highest BCUT2D eigenvalue weighted by Crippen LogP contribution is 2.03. The maximum atomic E-state index is 8.52. The second-order valence-corrected chi connectivity index (χ2v) is 5.96. The van der Waals surface area contributed by atoms with E-state index in [2.05, 4.69) is 55.4 Å². The Morgan fingerprint density at radius 3 is 0.636 bits per heavy atom. The van der Waals surface area contributed by atoms with Gasteiger partial charge in [0.05, 0.1) is 52.4 Å². The first-order chi connectivity index (χ1) is 10.2. The first-order valence-corrected chi connectivity index (χ1v) is 10.0. The van der Waals surface area contributed by atoms with Crippen LogP contribution in [-0.2, 0) is 4.57 Å². The zero-order valence-electron chi connectivity index (χ0n) is 16.3. The highest BCUT2D eigenvalue weighted by Gasteiger charge is 2.16. The van der Waals surface area contributed by atoms with E-state index >= 15 is 0 Å². The molecule has 0 N–H and O–H groups in total. The molecule has 0 aromatic heterocycles. The van der Waals surface area contributed by atoms with Gasteiger partial charge < -0.3 is 23.3 Å². The van der Waals surface area contributed by atoms with Gasteiger partial charge in [-0.05, 0) is 55.4 Å². The van der Waals surface area contributed by atoms with Gasteiger partial charge in [-0.25, -0.2) is 0 Å². The van der Waals surface area contributed by atoms with Crippen molar-refractivity contribution < 1.29 is 23.3 Å². The molecule has 0 spiro atoms. The zero-order chi connectivity index (χ0) is 18.2. The second-order valence-electron chi connectivity index (χ2n) is 5.46. The number of rotatable bonds is 8. The largest absolute Gasteiger partial charge is 0.813 e. The number of quaternary nitrogens is 2. The maximum absolute atomic E-state index is 8.52. The Kier molecular flexibility index (Phi) is 19.5. The van der Waals surface area contributed by atoms with Crippen molar-refractivity contribution in [1.29, 1.82) is 0 Å². The van der Waals surface area contributed by atoms with E-state index in [1.165, 1.54) is 61.3 Å². The molecule has 5 nitrogen and oxygen atoms in total. The van der Waals surface area contributed by atoms with E-state index in [0.29, 0.717) is 0 Å². The Hall–Kier alpha value is 0.0700. The summed E-state index contributed by atoms with van der Waals surface area (Å²) in [6.07, 6.45) is 0. The van der Waals surface area contributed by atoms with Gasteiger partial charge in [-0.15, -0.1) is 0 Å². The third-order valence-electron chi connectivity index (χ3n) is 5.37. The molecule has 0 fully saturated rings. The maximum Gasteiger partial charge on any atom is 0.0757 e. The molecule has 0 bridgehead atoms. The zero-order valence-corrected chi connectivity index (χ0v) is 17.3. The summed E-state index contributed by atoms with van der Waals surface area (Å²) < 4.78 is 11.1. The van der Waals surface area contributed by atoms with E-state index < -0.39 is 8.25 Å². The highest BCUT2D eigenvalue weighted by atomic mass is 31.1. The number of nitrogens with zero attached hydrogens (tertiary/aromatic N) is 2. The SMILES string of the molecule is CC[N+](CC)(CC)CC.CC[N+](CC)(CC)CC.O=[PH]([O-])[O-]. The van der Waals surface area contributed by atoms with Gasteiger partial charge in [0.2, 0.25) is 0 Å². The minimum absolute atomic E-state index is 1.28. The molecule has 138 valence electrons. The molecule has 6 heteroatoms. The lowest BCUT2D eigenvalue weighted by molar-refractivity contribution is -0.921. The van der Waals surface area contributed by atoms with Crippen molar-refractivity contribution in [1.82, 2.24) is 0 Å². The van der Waals surface area contributed by atoms with Gasteiger partial charge in [0, 0.05) is 0 Å². The quantitative estimate of drug-likeness (QED) is 0.500. The Labute approximate surface area is 140 Å². The van der Waals surface area contributed by atoms with Crippen LogP contribution in [0.15, 0.2) is 0 Å². The normalized spacial score (nSPS) is 11.4. The van der Waals surface area contributed by atoms with Crippen molar-refractivity contribution in [2.45, 2.75) is 55.4 Å². The molecule has 0 aliphatic heterocycles. The summed E-state index contributed by atoms with van der Waals surface area (Å²) in [5.74, 6) is 0. The van der Waals surface area contributed by atoms with Crippen LogP contribution in [0, 0.1) is 0 Å². The summed E-state index contributed by atoms with van der Waals surface area (Å²) in [7, 11) is -3.63. The van der Waals surface area contributed by atoms with Crippen LogP contribution in [0.25, 0.3) is 0 Å². The lowest BCUT2D eigenvalue weighted by atomic mass is 10.3. The number of hydrogen-bond donors (Lipinski definition) is 0. The van der Waals surface area contributed by atoms with Crippen LogP contribution in [0.1, 0.15) is 55.4 Å². The van der Waals surface area contributed by atoms with Gasteiger partial charge >= 0.3 is 0 Å². The van der Waals surface area contributed by atoms with Crippen molar-refractivity contribution in [2.75, 3.05) is 52.4 Å². The fraction of sp³-hybridized carbons (Fsp3) is 1.00. The molecule has 0 amide bonds. The van der Waals surface area contributed by atoms with Crippen LogP contribution < -0.4 is 9.79 Å². The molecule has 0 aliphatic carbocycles. The molecular formula is C16H41N2O3P. The van der Waals surface area contributed by atoms with Gasteiger partial charge in [-0.1, -0.05) is 8.25 Å². The predicted molar refractivity (Wildman–Crippen MR) is 93.9 cm³/mol. The average Bonchev–Trinajstić information content (AvgIpc) is 2.53. The molecular weight excluding hydrogens is 299 g/mol. The summed E-state index contributed by atoms with van der Waals surface area (Å²) in [6, 6.07) is 0. The van der Waals surface area contributed by atoms with Crippen LogP contribution >= 0.6 is 8.25 Å². The summed E-state index contributed by atoms with van der Waals surface area (Å²) in [5.41, 5.74) is 0. The first-order valence-electron chi connectivity index (χ1n) is 8.80. The molecule has 0 atom stereocenters. The lowest BCUT2D eigenvalue weighted by Crippen LogP contribution is -2.47. The third-order valence-corrected chi connectivity index (χ3v) is 5.37. The van der Waals surface area contributed by atoms with Crippen LogP contribution in [0.5, 0.6) is 0 Å². The van der Waals surface area contributed by atoms with Crippen LogP contribution in [0.3, 0.4) is 0 Å². The Morgan fingerprint density at radius 2 is 0.636 bits per heavy atom. The van der Waals surface area contributed by atoms with E-state index in [4.69, 9.17) is 14.4 Å². The molecule has 0 aromatic carbocycles. The smallest absolute Gasteiger partial charge is 0.0757 e. The van der Waals surface area contributed by atoms with Crippen molar-refractivity contribution >= 4 is 8.25 Å². The molecule has 0 aliphatic rings. The molecule has 0 rings (SSSR count). The first kappa shape index (κ1) is 26.9. The summed E-state index contributed by atoms with van der Waals surface area (Å²) in [6.45, 7) is 28.4. The van der Waals surface area contributed by atoms with Crippen molar-refractivity contribution in [3.63, 3.8) is 0 Å². The highest BCUT2D eigenvalue weighted by molar-refractivity contribution is 7.27. The van der Waals surface area contributed by atoms with Gasteiger partial charge in [0.25, 0.3) is 0 Å². The number of hydrogen-bond acceptors (Lipinski definition) is 3. The van der Waals surface area contributed by atoms with Crippen molar-refractivity contribution in [2.24, 2.45) is 0 Å². The molecule has 22 heavy (non-hydrogen) atoms. The Bertz CT molecular complexity index is 197. The van der Waals surface area contributed by atoms with E-state index in [1.54, 1.807) is 0 Å². The van der Waals surface area contributed by atoms with E-state index in [1.807, 2.05) is 0 Å². The van der Waals surface area contributed by atoms with E-state index in [9.17, 15) is 0 Å². The fourth-order valence-electron chi connectivity index (χ4n) is 2.68. The predicted octanol–water partition coefficient (Wildman–Crippen LogP) is 1.86. The molecule has 0 unspecified atom stereocenters. The molecule has 0 saturated carbocycles. The van der Waals surface area contributed by atoms with E-state index in [-0.39, 0.29) is 0 Å². The lowest BCUT2D eigenvalue weighted by Gasteiger charge is -2.34. The molecule has 0 radical (unpaired) electrons. The van der Waals surface area contributed by atoms with Crippen molar-refractivity contribution in [3.05, 3.63) is 0 Å². The van der Waals surface area contributed by atoms with Gasteiger partial charge in [-0.2, -0.15) is 0 Å². The topological polar surface area (TPSA) is 63.2 Å². The Balaban J connectivity index is -0.000000266. The van der Waals surface area contributed by atoms with Gasteiger partial charge in [-0.3, -0.25) is 0 Å².